The van der Waals surface area contributed by atoms with Gasteiger partial charge in [-0.1, -0.05) is 13.0 Å². The zero-order valence-electron chi connectivity index (χ0n) is 17.1. The molecule has 2 heterocycles. The minimum atomic E-state index is -3.71. The minimum absolute atomic E-state index is 0.0897. The molecule has 1 amide bonds. The fraction of sp³-hybridized carbons (Fsp3) is 0.650. The Morgan fingerprint density at radius 3 is 2.54 bits per heavy atom. The number of piperazine rings is 1. The normalized spacial score (nSPS) is 22.2. The van der Waals surface area contributed by atoms with E-state index in [2.05, 4.69) is 11.8 Å². The molecular formula is C20H31N3O4S. The van der Waals surface area contributed by atoms with Gasteiger partial charge >= 0.3 is 0 Å². The topological polar surface area (TPSA) is 70.2 Å². The van der Waals surface area contributed by atoms with Crippen molar-refractivity contribution in [2.75, 3.05) is 52.9 Å². The van der Waals surface area contributed by atoms with Crippen molar-refractivity contribution in [2.45, 2.75) is 31.6 Å². The molecule has 7 nitrogen and oxygen atoms in total. The lowest BCUT2D eigenvalue weighted by Crippen LogP contribution is -2.52. The molecule has 0 N–H and O–H groups in total. The van der Waals surface area contributed by atoms with Crippen molar-refractivity contribution in [1.82, 2.24) is 14.1 Å². The summed E-state index contributed by atoms with van der Waals surface area (Å²) in [5.74, 6) is 0.161. The second kappa shape index (κ2) is 8.80. The second-order valence-corrected chi connectivity index (χ2v) is 9.52. The molecule has 156 valence electrons. The SMILES string of the molecule is CCN1CCN(C(=O)[C@@H]2CCCN(S(=O)(=O)c3cc(C)ccc3OC)C2)CC1. The van der Waals surface area contributed by atoms with Crippen molar-refractivity contribution >= 4 is 15.9 Å². The van der Waals surface area contributed by atoms with Gasteiger partial charge in [0.25, 0.3) is 0 Å². The van der Waals surface area contributed by atoms with Crippen LogP contribution < -0.4 is 4.74 Å². The Morgan fingerprint density at radius 1 is 1.18 bits per heavy atom. The number of nitrogens with zero attached hydrogens (tertiary/aromatic N) is 3. The molecule has 0 bridgehead atoms. The molecule has 0 aliphatic carbocycles. The molecule has 1 aromatic rings. The molecule has 0 radical (unpaired) electrons. The van der Waals surface area contributed by atoms with Crippen molar-refractivity contribution in [3.63, 3.8) is 0 Å². The Bertz CT molecular complexity index is 804. The van der Waals surface area contributed by atoms with Gasteiger partial charge in [0.15, 0.2) is 0 Å². The Kier molecular flexibility index (Phi) is 6.62. The van der Waals surface area contributed by atoms with Crippen LogP contribution in [0.4, 0.5) is 0 Å². The van der Waals surface area contributed by atoms with E-state index in [9.17, 15) is 13.2 Å². The predicted octanol–water partition coefficient (Wildman–Crippen LogP) is 1.57. The second-order valence-electron chi connectivity index (χ2n) is 7.62. The van der Waals surface area contributed by atoms with E-state index in [0.717, 1.165) is 44.7 Å². The molecule has 2 aliphatic rings. The van der Waals surface area contributed by atoms with Crippen LogP contribution in [0.2, 0.25) is 0 Å². The zero-order chi connectivity index (χ0) is 20.3. The molecule has 2 fully saturated rings. The number of hydrogen-bond donors (Lipinski definition) is 0. The zero-order valence-corrected chi connectivity index (χ0v) is 17.9. The predicted molar refractivity (Wildman–Crippen MR) is 108 cm³/mol. The number of methoxy groups -OCH3 is 1. The maximum absolute atomic E-state index is 13.3. The fourth-order valence-electron chi connectivity index (χ4n) is 4.03. The average molecular weight is 410 g/mol. The number of benzene rings is 1. The highest BCUT2D eigenvalue weighted by Gasteiger charge is 2.36. The molecule has 0 spiro atoms. The highest BCUT2D eigenvalue weighted by atomic mass is 32.2. The summed E-state index contributed by atoms with van der Waals surface area (Å²) in [4.78, 5) is 17.4. The van der Waals surface area contributed by atoms with Crippen LogP contribution in [0.3, 0.4) is 0 Å². The smallest absolute Gasteiger partial charge is 0.246 e. The first-order valence-corrected chi connectivity index (χ1v) is 11.5. The maximum Gasteiger partial charge on any atom is 0.246 e. The van der Waals surface area contributed by atoms with Crippen molar-refractivity contribution in [3.8, 4) is 5.75 Å². The van der Waals surface area contributed by atoms with Gasteiger partial charge in [0, 0.05) is 39.3 Å². The molecule has 0 unspecified atom stereocenters. The average Bonchev–Trinajstić information content (AvgIpc) is 2.73. The van der Waals surface area contributed by atoms with E-state index in [4.69, 9.17) is 4.74 Å². The number of piperidine rings is 1. The molecular weight excluding hydrogens is 378 g/mol. The standard InChI is InChI=1S/C20H31N3O4S/c1-4-21-10-12-22(13-11-21)20(24)17-6-5-9-23(15-17)28(25,26)19-14-16(2)7-8-18(19)27-3/h7-8,14,17H,4-6,9-13,15H2,1-3H3/t17-/m1/s1. The summed E-state index contributed by atoms with van der Waals surface area (Å²) in [6, 6.07) is 5.15. The van der Waals surface area contributed by atoms with Crippen LogP contribution in [0.25, 0.3) is 0 Å². The van der Waals surface area contributed by atoms with Gasteiger partial charge in [-0.05, 0) is 44.0 Å². The Labute approximate surface area is 168 Å². The van der Waals surface area contributed by atoms with Gasteiger partial charge < -0.3 is 14.5 Å². The van der Waals surface area contributed by atoms with Gasteiger partial charge in [-0.3, -0.25) is 4.79 Å². The van der Waals surface area contributed by atoms with Gasteiger partial charge in [-0.15, -0.1) is 0 Å². The van der Waals surface area contributed by atoms with Crippen molar-refractivity contribution in [1.29, 1.82) is 0 Å². The van der Waals surface area contributed by atoms with Crippen LogP contribution in [0, 0.1) is 12.8 Å². The number of likely N-dealkylation sites (N-methyl/N-ethyl adjacent to an activating group) is 1. The van der Waals surface area contributed by atoms with E-state index >= 15 is 0 Å². The molecule has 3 rings (SSSR count). The number of carbonyl (C=O) groups excluding carboxylic acids is 1. The first-order chi connectivity index (χ1) is 13.4. The first-order valence-electron chi connectivity index (χ1n) is 10.0. The third kappa shape index (κ3) is 4.34. The van der Waals surface area contributed by atoms with Crippen LogP contribution in [0.15, 0.2) is 23.1 Å². The summed E-state index contributed by atoms with van der Waals surface area (Å²) < 4.78 is 33.3. The van der Waals surface area contributed by atoms with E-state index in [1.54, 1.807) is 12.1 Å². The molecule has 1 aromatic carbocycles. The van der Waals surface area contributed by atoms with E-state index in [0.29, 0.717) is 18.7 Å². The summed E-state index contributed by atoms with van der Waals surface area (Å²) in [6.45, 7) is 8.88. The fourth-order valence-corrected chi connectivity index (χ4v) is 5.79. The van der Waals surface area contributed by atoms with Crippen molar-refractivity contribution in [3.05, 3.63) is 23.8 Å². The third-order valence-corrected chi connectivity index (χ3v) is 7.69. The molecule has 28 heavy (non-hydrogen) atoms. The Hall–Kier alpha value is -1.64. The number of sulfonamides is 1. The molecule has 0 aromatic heterocycles. The number of hydrogen-bond acceptors (Lipinski definition) is 5. The molecule has 8 heteroatoms. The number of ether oxygens (including phenoxy) is 1. The monoisotopic (exact) mass is 409 g/mol. The number of carbonyl (C=O) groups is 1. The summed E-state index contributed by atoms with van der Waals surface area (Å²) in [5.41, 5.74) is 0.859. The number of amides is 1. The van der Waals surface area contributed by atoms with Crippen molar-refractivity contribution in [2.24, 2.45) is 5.92 Å². The summed E-state index contributed by atoms with van der Waals surface area (Å²) >= 11 is 0. The highest BCUT2D eigenvalue weighted by molar-refractivity contribution is 7.89. The van der Waals surface area contributed by atoms with Crippen LogP contribution in [-0.2, 0) is 14.8 Å². The highest BCUT2D eigenvalue weighted by Crippen LogP contribution is 2.31. The quantitative estimate of drug-likeness (QED) is 0.738. The van der Waals surface area contributed by atoms with Crippen LogP contribution in [0.1, 0.15) is 25.3 Å². The lowest BCUT2D eigenvalue weighted by Gasteiger charge is -2.38. The van der Waals surface area contributed by atoms with Gasteiger partial charge in [0.05, 0.1) is 13.0 Å². The van der Waals surface area contributed by atoms with E-state index < -0.39 is 10.0 Å². The van der Waals surface area contributed by atoms with Crippen molar-refractivity contribution < 1.29 is 17.9 Å². The Balaban J connectivity index is 1.74. The molecule has 1 atom stereocenters. The maximum atomic E-state index is 13.3. The summed E-state index contributed by atoms with van der Waals surface area (Å²) in [7, 11) is -2.23. The molecule has 2 saturated heterocycles. The van der Waals surface area contributed by atoms with Crippen LogP contribution in [-0.4, -0.2) is 81.4 Å². The molecule has 2 aliphatic heterocycles. The van der Waals surface area contributed by atoms with Gasteiger partial charge in [0.1, 0.15) is 10.6 Å². The van der Waals surface area contributed by atoms with Gasteiger partial charge in [-0.2, -0.15) is 4.31 Å². The van der Waals surface area contributed by atoms with Crippen LogP contribution in [0.5, 0.6) is 5.75 Å². The van der Waals surface area contributed by atoms with Crippen LogP contribution >= 0.6 is 0 Å². The molecule has 0 saturated carbocycles. The van der Waals surface area contributed by atoms with E-state index in [1.807, 2.05) is 17.9 Å². The lowest BCUT2D eigenvalue weighted by molar-refractivity contribution is -0.138. The Morgan fingerprint density at radius 2 is 1.89 bits per heavy atom. The largest absolute Gasteiger partial charge is 0.495 e. The number of rotatable bonds is 5. The minimum Gasteiger partial charge on any atom is -0.495 e. The third-order valence-electron chi connectivity index (χ3n) is 5.80. The van der Waals surface area contributed by atoms with Gasteiger partial charge in [0.2, 0.25) is 15.9 Å². The summed E-state index contributed by atoms with van der Waals surface area (Å²) in [6.07, 6.45) is 1.43. The van der Waals surface area contributed by atoms with E-state index in [-0.39, 0.29) is 23.3 Å². The first kappa shape index (κ1) is 21.1. The van der Waals surface area contributed by atoms with Gasteiger partial charge in [-0.25, -0.2) is 8.42 Å². The summed E-state index contributed by atoms with van der Waals surface area (Å²) in [5, 5.41) is 0. The van der Waals surface area contributed by atoms with E-state index in [1.165, 1.54) is 11.4 Å². The lowest BCUT2D eigenvalue weighted by atomic mass is 9.98. The number of aryl methyl sites for hydroxylation is 1.